The summed E-state index contributed by atoms with van der Waals surface area (Å²) in [6.45, 7) is 1.08. The van der Waals surface area contributed by atoms with E-state index in [1.165, 1.54) is 0 Å². The zero-order chi connectivity index (χ0) is 20.5. The van der Waals surface area contributed by atoms with E-state index < -0.39 is 0 Å². The van der Waals surface area contributed by atoms with Gasteiger partial charge in [0.15, 0.2) is 0 Å². The van der Waals surface area contributed by atoms with Crippen LogP contribution in [0, 0.1) is 0 Å². The lowest BCUT2D eigenvalue weighted by atomic mass is 10.2. The van der Waals surface area contributed by atoms with Gasteiger partial charge in [0.25, 0.3) is 5.91 Å². The molecule has 3 aromatic rings. The number of nitrogens with one attached hydrogen (secondary N) is 2. The van der Waals surface area contributed by atoms with Crippen molar-refractivity contribution in [2.75, 3.05) is 38.0 Å². The van der Waals surface area contributed by atoms with Crippen molar-refractivity contribution in [2.24, 2.45) is 0 Å². The summed E-state index contributed by atoms with van der Waals surface area (Å²) in [5.41, 5.74) is 1.13. The van der Waals surface area contributed by atoms with E-state index in [0.29, 0.717) is 36.0 Å². The van der Waals surface area contributed by atoms with E-state index in [-0.39, 0.29) is 5.91 Å². The van der Waals surface area contributed by atoms with E-state index in [4.69, 9.17) is 14.2 Å². The van der Waals surface area contributed by atoms with Crippen LogP contribution in [-0.2, 0) is 0 Å². The number of ether oxygens (including phenoxy) is 3. The first-order chi connectivity index (χ1) is 14.2. The number of carbonyl (C=O) groups excluding carboxylic acids is 1. The Morgan fingerprint density at radius 3 is 2.38 bits per heavy atom. The fourth-order valence-corrected chi connectivity index (χ4v) is 2.56. The Balaban J connectivity index is 1.45. The van der Waals surface area contributed by atoms with Crippen LogP contribution in [0.1, 0.15) is 10.4 Å². The van der Waals surface area contributed by atoms with Crippen molar-refractivity contribution in [3.8, 4) is 17.2 Å². The molecule has 0 aliphatic heterocycles. The molecule has 3 rings (SSSR count). The molecule has 0 saturated carbocycles. The standard InChI is InChI=1S/C22H23N3O4/c1-27-18-7-9-19(10-8-18)29-13-12-23-21-11-6-17(15-24-21)25-22(26)16-4-3-5-20(14-16)28-2/h3-11,14-15H,12-13H2,1-2H3,(H,23,24)(H,25,26). The van der Waals surface area contributed by atoms with E-state index in [9.17, 15) is 4.79 Å². The first kappa shape index (κ1) is 20.0. The van der Waals surface area contributed by atoms with Crippen LogP contribution in [0.2, 0.25) is 0 Å². The summed E-state index contributed by atoms with van der Waals surface area (Å²) < 4.78 is 15.9. The second-order valence-electron chi connectivity index (χ2n) is 6.07. The lowest BCUT2D eigenvalue weighted by Gasteiger charge is -2.10. The Hall–Kier alpha value is -3.74. The molecule has 1 heterocycles. The maximum atomic E-state index is 12.3. The van der Waals surface area contributed by atoms with Crippen molar-refractivity contribution >= 4 is 17.4 Å². The SMILES string of the molecule is COc1ccc(OCCNc2ccc(NC(=O)c3cccc(OC)c3)cn2)cc1. The molecule has 29 heavy (non-hydrogen) atoms. The number of pyridine rings is 1. The summed E-state index contributed by atoms with van der Waals surface area (Å²) in [6, 6.07) is 18.0. The average Bonchev–Trinajstić information content (AvgIpc) is 2.78. The fourth-order valence-electron chi connectivity index (χ4n) is 2.56. The molecule has 0 atom stereocenters. The van der Waals surface area contributed by atoms with Gasteiger partial charge in [-0.25, -0.2) is 4.98 Å². The number of carbonyl (C=O) groups is 1. The highest BCUT2D eigenvalue weighted by atomic mass is 16.5. The molecule has 0 bridgehead atoms. The number of amides is 1. The zero-order valence-electron chi connectivity index (χ0n) is 16.3. The largest absolute Gasteiger partial charge is 0.497 e. The molecule has 2 N–H and O–H groups in total. The Bertz CT molecular complexity index is 928. The van der Waals surface area contributed by atoms with Crippen LogP contribution in [-0.4, -0.2) is 38.3 Å². The lowest BCUT2D eigenvalue weighted by Crippen LogP contribution is -2.14. The van der Waals surface area contributed by atoms with E-state index >= 15 is 0 Å². The minimum absolute atomic E-state index is 0.223. The summed E-state index contributed by atoms with van der Waals surface area (Å²) in [6.07, 6.45) is 1.60. The number of rotatable bonds is 9. The van der Waals surface area contributed by atoms with Gasteiger partial charge in [0.05, 0.1) is 32.6 Å². The molecule has 0 spiro atoms. The molecule has 2 aromatic carbocycles. The van der Waals surface area contributed by atoms with Crippen LogP contribution in [0.25, 0.3) is 0 Å². The molecule has 7 nitrogen and oxygen atoms in total. The summed E-state index contributed by atoms with van der Waals surface area (Å²) in [4.78, 5) is 16.6. The van der Waals surface area contributed by atoms with Crippen molar-refractivity contribution < 1.29 is 19.0 Å². The Morgan fingerprint density at radius 1 is 0.931 bits per heavy atom. The van der Waals surface area contributed by atoms with E-state index in [1.54, 1.807) is 56.8 Å². The topological polar surface area (TPSA) is 81.7 Å². The van der Waals surface area contributed by atoms with Gasteiger partial charge in [0.2, 0.25) is 0 Å². The molecule has 0 aliphatic rings. The summed E-state index contributed by atoms with van der Waals surface area (Å²) in [7, 11) is 3.19. The fraction of sp³-hybridized carbons (Fsp3) is 0.182. The van der Waals surface area contributed by atoms with E-state index in [1.807, 2.05) is 24.3 Å². The number of nitrogens with zero attached hydrogens (tertiary/aromatic N) is 1. The zero-order valence-corrected chi connectivity index (χ0v) is 16.3. The highest BCUT2D eigenvalue weighted by Crippen LogP contribution is 2.17. The van der Waals surface area contributed by atoms with E-state index in [0.717, 1.165) is 11.5 Å². The number of aromatic nitrogens is 1. The Labute approximate surface area is 169 Å². The Morgan fingerprint density at radius 2 is 1.69 bits per heavy atom. The highest BCUT2D eigenvalue weighted by Gasteiger charge is 2.07. The van der Waals surface area contributed by atoms with Gasteiger partial charge in [0, 0.05) is 5.56 Å². The maximum absolute atomic E-state index is 12.3. The van der Waals surface area contributed by atoms with Gasteiger partial charge in [-0.2, -0.15) is 0 Å². The molecule has 150 valence electrons. The first-order valence-corrected chi connectivity index (χ1v) is 9.10. The monoisotopic (exact) mass is 393 g/mol. The summed E-state index contributed by atoms with van der Waals surface area (Å²) >= 11 is 0. The molecule has 0 fully saturated rings. The summed E-state index contributed by atoms with van der Waals surface area (Å²) in [5.74, 6) is 2.67. The minimum atomic E-state index is -0.223. The molecule has 0 aliphatic carbocycles. The van der Waals surface area contributed by atoms with Crippen LogP contribution in [0.4, 0.5) is 11.5 Å². The number of hydrogen-bond acceptors (Lipinski definition) is 6. The number of benzene rings is 2. The Kier molecular flexibility index (Phi) is 6.89. The van der Waals surface area contributed by atoms with E-state index in [2.05, 4.69) is 15.6 Å². The smallest absolute Gasteiger partial charge is 0.255 e. The van der Waals surface area contributed by atoms with Crippen LogP contribution in [0.3, 0.4) is 0 Å². The van der Waals surface area contributed by atoms with Crippen molar-refractivity contribution in [3.05, 3.63) is 72.4 Å². The maximum Gasteiger partial charge on any atom is 0.255 e. The average molecular weight is 393 g/mol. The van der Waals surface area contributed by atoms with Crippen molar-refractivity contribution in [1.29, 1.82) is 0 Å². The molecule has 1 aromatic heterocycles. The lowest BCUT2D eigenvalue weighted by molar-refractivity contribution is 0.102. The third-order valence-corrected chi connectivity index (χ3v) is 4.09. The van der Waals surface area contributed by atoms with Gasteiger partial charge < -0.3 is 24.8 Å². The molecule has 7 heteroatoms. The van der Waals surface area contributed by atoms with Gasteiger partial charge in [0.1, 0.15) is 29.7 Å². The molecular weight excluding hydrogens is 370 g/mol. The summed E-state index contributed by atoms with van der Waals surface area (Å²) in [5, 5.41) is 5.99. The van der Waals surface area contributed by atoms with Gasteiger partial charge >= 0.3 is 0 Å². The molecular formula is C22H23N3O4. The van der Waals surface area contributed by atoms with Gasteiger partial charge in [-0.1, -0.05) is 6.07 Å². The van der Waals surface area contributed by atoms with Crippen molar-refractivity contribution in [3.63, 3.8) is 0 Å². The molecule has 0 unspecified atom stereocenters. The van der Waals surface area contributed by atoms with Gasteiger partial charge in [-0.3, -0.25) is 4.79 Å². The van der Waals surface area contributed by atoms with Crippen LogP contribution in [0.15, 0.2) is 66.9 Å². The quantitative estimate of drug-likeness (QED) is 0.538. The molecule has 1 amide bonds. The van der Waals surface area contributed by atoms with Crippen molar-refractivity contribution in [2.45, 2.75) is 0 Å². The second kappa shape index (κ2) is 9.98. The molecule has 0 saturated heterocycles. The van der Waals surface area contributed by atoms with Crippen LogP contribution < -0.4 is 24.8 Å². The number of hydrogen-bond donors (Lipinski definition) is 2. The minimum Gasteiger partial charge on any atom is -0.497 e. The number of anilines is 2. The first-order valence-electron chi connectivity index (χ1n) is 9.10. The van der Waals surface area contributed by atoms with Crippen LogP contribution in [0.5, 0.6) is 17.2 Å². The third-order valence-electron chi connectivity index (χ3n) is 4.09. The third kappa shape index (κ3) is 5.87. The van der Waals surface area contributed by atoms with Gasteiger partial charge in [-0.15, -0.1) is 0 Å². The molecule has 0 radical (unpaired) electrons. The second-order valence-corrected chi connectivity index (χ2v) is 6.07. The van der Waals surface area contributed by atoms with Crippen molar-refractivity contribution in [1.82, 2.24) is 4.98 Å². The predicted molar refractivity (Wildman–Crippen MR) is 112 cm³/mol. The predicted octanol–water partition coefficient (Wildman–Crippen LogP) is 3.84. The van der Waals surface area contributed by atoms with Crippen LogP contribution >= 0.6 is 0 Å². The van der Waals surface area contributed by atoms with Gasteiger partial charge in [-0.05, 0) is 54.6 Å². The normalized spacial score (nSPS) is 10.1. The highest BCUT2D eigenvalue weighted by molar-refractivity contribution is 6.04. The number of methoxy groups -OCH3 is 2.